The fourth-order valence-electron chi connectivity index (χ4n) is 2.89. The molecular formula is C18H9BrO2. The standard InChI is InChI=1S/C18H9BrO2/c19-16-11-6-2-1-5-10(11)9-14-15(16)12-7-3-4-8-13(12)17(20)18(14)21/h1-9H. The van der Waals surface area contributed by atoms with Crippen LogP contribution in [0.1, 0.15) is 20.7 Å². The van der Waals surface area contributed by atoms with Gasteiger partial charge in [0, 0.05) is 21.2 Å². The van der Waals surface area contributed by atoms with Gasteiger partial charge in [0.15, 0.2) is 0 Å². The topological polar surface area (TPSA) is 34.1 Å². The van der Waals surface area contributed by atoms with Crippen molar-refractivity contribution in [3.05, 3.63) is 70.2 Å². The molecule has 0 N–H and O–H groups in total. The van der Waals surface area contributed by atoms with E-state index in [1.165, 1.54) is 0 Å². The van der Waals surface area contributed by atoms with Gasteiger partial charge in [0.05, 0.1) is 0 Å². The van der Waals surface area contributed by atoms with E-state index in [-0.39, 0.29) is 0 Å². The Hall–Kier alpha value is -2.26. The lowest BCUT2D eigenvalue weighted by Crippen LogP contribution is -2.21. The van der Waals surface area contributed by atoms with E-state index in [0.29, 0.717) is 11.1 Å². The Morgan fingerprint density at radius 1 is 0.714 bits per heavy atom. The number of hydrogen-bond acceptors (Lipinski definition) is 2. The lowest BCUT2D eigenvalue weighted by molar-refractivity contribution is 0.0815. The summed E-state index contributed by atoms with van der Waals surface area (Å²) in [5.74, 6) is -0.865. The molecule has 0 fully saturated rings. The summed E-state index contributed by atoms with van der Waals surface area (Å²) in [5.41, 5.74) is 2.58. The van der Waals surface area contributed by atoms with Gasteiger partial charge in [0.25, 0.3) is 0 Å². The van der Waals surface area contributed by atoms with Crippen LogP contribution in [-0.2, 0) is 0 Å². The van der Waals surface area contributed by atoms with Crippen molar-refractivity contribution >= 4 is 38.3 Å². The van der Waals surface area contributed by atoms with Crippen LogP contribution in [0.2, 0.25) is 0 Å². The fraction of sp³-hybridized carbons (Fsp3) is 0. The Morgan fingerprint density at radius 2 is 1.33 bits per heavy atom. The molecule has 0 heterocycles. The quantitative estimate of drug-likeness (QED) is 0.560. The van der Waals surface area contributed by atoms with E-state index >= 15 is 0 Å². The lowest BCUT2D eigenvalue weighted by Gasteiger charge is -2.20. The summed E-state index contributed by atoms with van der Waals surface area (Å²) in [6, 6.07) is 16.9. The predicted molar refractivity (Wildman–Crippen MR) is 85.7 cm³/mol. The van der Waals surface area contributed by atoms with Crippen molar-refractivity contribution in [1.82, 2.24) is 0 Å². The van der Waals surface area contributed by atoms with E-state index < -0.39 is 11.6 Å². The van der Waals surface area contributed by atoms with E-state index in [9.17, 15) is 9.59 Å². The van der Waals surface area contributed by atoms with Crippen LogP contribution in [0, 0.1) is 0 Å². The molecule has 3 heteroatoms. The Kier molecular flexibility index (Phi) is 2.59. The number of fused-ring (bicyclic) bond motifs is 4. The molecule has 3 aromatic carbocycles. The summed E-state index contributed by atoms with van der Waals surface area (Å²) < 4.78 is 0.865. The maximum Gasteiger partial charge on any atom is 0.234 e. The summed E-state index contributed by atoms with van der Waals surface area (Å²) in [7, 11) is 0. The molecule has 0 atom stereocenters. The van der Waals surface area contributed by atoms with E-state index in [0.717, 1.165) is 26.4 Å². The molecule has 1 aliphatic carbocycles. The Morgan fingerprint density at radius 3 is 2.14 bits per heavy atom. The first kappa shape index (κ1) is 12.5. The first-order valence-electron chi connectivity index (χ1n) is 6.58. The molecule has 0 unspecified atom stereocenters. The zero-order chi connectivity index (χ0) is 14.6. The molecule has 1 aliphatic rings. The van der Waals surface area contributed by atoms with Crippen LogP contribution in [-0.4, -0.2) is 11.6 Å². The van der Waals surface area contributed by atoms with Gasteiger partial charge in [-0.1, -0.05) is 48.5 Å². The Bertz CT molecular complexity index is 941. The van der Waals surface area contributed by atoms with E-state index in [1.54, 1.807) is 12.1 Å². The van der Waals surface area contributed by atoms with Gasteiger partial charge in [-0.2, -0.15) is 0 Å². The molecule has 100 valence electrons. The highest BCUT2D eigenvalue weighted by Gasteiger charge is 2.32. The van der Waals surface area contributed by atoms with E-state index in [1.807, 2.05) is 42.5 Å². The van der Waals surface area contributed by atoms with Crippen LogP contribution >= 0.6 is 15.9 Å². The van der Waals surface area contributed by atoms with Crippen LogP contribution in [0.3, 0.4) is 0 Å². The van der Waals surface area contributed by atoms with Crippen LogP contribution < -0.4 is 0 Å². The average molecular weight is 337 g/mol. The smallest absolute Gasteiger partial charge is 0.234 e. The third kappa shape index (κ3) is 1.64. The molecule has 21 heavy (non-hydrogen) atoms. The average Bonchev–Trinajstić information content (AvgIpc) is 2.52. The van der Waals surface area contributed by atoms with Gasteiger partial charge < -0.3 is 0 Å². The monoisotopic (exact) mass is 336 g/mol. The summed E-state index contributed by atoms with van der Waals surface area (Å²) in [6.07, 6.45) is 0. The normalized spacial score (nSPS) is 13.2. The third-order valence-electron chi connectivity index (χ3n) is 3.88. The number of Topliss-reactive ketones (excluding diaryl/α,β-unsaturated/α-hetero) is 2. The fourth-order valence-corrected chi connectivity index (χ4v) is 3.68. The van der Waals surface area contributed by atoms with Gasteiger partial charge in [0.2, 0.25) is 11.6 Å². The molecule has 0 saturated heterocycles. The second-order valence-corrected chi connectivity index (χ2v) is 5.83. The van der Waals surface area contributed by atoms with Crippen molar-refractivity contribution < 1.29 is 9.59 Å². The number of carbonyl (C=O) groups excluding carboxylic acids is 2. The number of hydrogen-bond donors (Lipinski definition) is 0. The zero-order valence-electron chi connectivity index (χ0n) is 10.9. The maximum absolute atomic E-state index is 12.4. The van der Waals surface area contributed by atoms with Crippen LogP contribution in [0.25, 0.3) is 21.9 Å². The van der Waals surface area contributed by atoms with Crippen molar-refractivity contribution in [1.29, 1.82) is 0 Å². The minimum atomic E-state index is -0.435. The van der Waals surface area contributed by atoms with Gasteiger partial charge in [-0.05, 0) is 38.3 Å². The molecule has 0 bridgehead atoms. The van der Waals surface area contributed by atoms with Crippen molar-refractivity contribution in [3.63, 3.8) is 0 Å². The van der Waals surface area contributed by atoms with Crippen LogP contribution in [0.4, 0.5) is 0 Å². The first-order valence-corrected chi connectivity index (χ1v) is 7.37. The minimum Gasteiger partial charge on any atom is -0.285 e. The van der Waals surface area contributed by atoms with Gasteiger partial charge in [0.1, 0.15) is 0 Å². The van der Waals surface area contributed by atoms with E-state index in [4.69, 9.17) is 0 Å². The predicted octanol–water partition coefficient (Wildman–Crippen LogP) is 4.65. The third-order valence-corrected chi connectivity index (χ3v) is 4.70. The molecule has 0 aliphatic heterocycles. The molecular weight excluding hydrogens is 328 g/mol. The highest BCUT2D eigenvalue weighted by atomic mass is 79.9. The van der Waals surface area contributed by atoms with Crippen LogP contribution in [0.5, 0.6) is 0 Å². The largest absolute Gasteiger partial charge is 0.285 e. The SMILES string of the molecule is O=C1C(=O)c2cc3ccccc3c(Br)c2-c2ccccc21. The molecule has 2 nitrogen and oxygen atoms in total. The zero-order valence-corrected chi connectivity index (χ0v) is 12.5. The van der Waals surface area contributed by atoms with Crippen molar-refractivity contribution in [3.8, 4) is 11.1 Å². The Balaban J connectivity index is 2.21. The first-order chi connectivity index (χ1) is 10.2. The molecule has 3 aromatic rings. The molecule has 0 spiro atoms. The summed E-state index contributed by atoms with van der Waals surface area (Å²) in [6.45, 7) is 0. The number of benzene rings is 3. The Labute approximate surface area is 129 Å². The highest BCUT2D eigenvalue weighted by molar-refractivity contribution is 9.10. The number of ketones is 2. The summed E-state index contributed by atoms with van der Waals surface area (Å²) in [5, 5.41) is 1.98. The lowest BCUT2D eigenvalue weighted by atomic mass is 9.82. The molecule has 0 saturated carbocycles. The molecule has 0 amide bonds. The molecule has 0 radical (unpaired) electrons. The number of halogens is 1. The van der Waals surface area contributed by atoms with Crippen molar-refractivity contribution in [2.75, 3.05) is 0 Å². The maximum atomic E-state index is 12.4. The highest BCUT2D eigenvalue weighted by Crippen LogP contribution is 2.42. The summed E-state index contributed by atoms with van der Waals surface area (Å²) in [4.78, 5) is 24.7. The minimum absolute atomic E-state index is 0.430. The van der Waals surface area contributed by atoms with Gasteiger partial charge >= 0.3 is 0 Å². The second kappa shape index (κ2) is 4.37. The second-order valence-electron chi connectivity index (χ2n) is 5.04. The van der Waals surface area contributed by atoms with E-state index in [2.05, 4.69) is 15.9 Å². The van der Waals surface area contributed by atoms with Crippen molar-refractivity contribution in [2.45, 2.75) is 0 Å². The molecule has 0 aromatic heterocycles. The van der Waals surface area contributed by atoms with Gasteiger partial charge in [-0.25, -0.2) is 0 Å². The summed E-state index contributed by atoms with van der Waals surface area (Å²) >= 11 is 3.62. The van der Waals surface area contributed by atoms with Gasteiger partial charge in [-0.15, -0.1) is 0 Å². The van der Waals surface area contributed by atoms with Gasteiger partial charge in [-0.3, -0.25) is 9.59 Å². The van der Waals surface area contributed by atoms with Crippen LogP contribution in [0.15, 0.2) is 59.1 Å². The van der Waals surface area contributed by atoms with Crippen molar-refractivity contribution in [2.24, 2.45) is 0 Å². The number of rotatable bonds is 0. The number of carbonyl (C=O) groups is 2. The molecule has 4 rings (SSSR count).